The normalized spacial score (nSPS) is 14.7. The Balaban J connectivity index is 1.68. The summed E-state index contributed by atoms with van der Waals surface area (Å²) < 4.78 is 39.7. The molecule has 0 saturated heterocycles. The number of carbonyl (C=O) groups excluding carboxylic acids is 1. The summed E-state index contributed by atoms with van der Waals surface area (Å²) in [5, 5.41) is 1.96. The lowest BCUT2D eigenvalue weighted by molar-refractivity contribution is -0.138. The van der Waals surface area contributed by atoms with E-state index in [1.807, 2.05) is 22.4 Å². The highest BCUT2D eigenvalue weighted by molar-refractivity contribution is 7.09. The molecule has 0 spiro atoms. The van der Waals surface area contributed by atoms with Gasteiger partial charge in [0.25, 0.3) is 0 Å². The number of rotatable bonds is 7. The number of thiophene rings is 1. The van der Waals surface area contributed by atoms with Crippen molar-refractivity contribution in [3.05, 3.63) is 57.8 Å². The van der Waals surface area contributed by atoms with E-state index in [9.17, 15) is 18.0 Å². The zero-order valence-corrected chi connectivity index (χ0v) is 15.3. The van der Waals surface area contributed by atoms with Crippen LogP contribution in [-0.4, -0.2) is 35.3 Å². The van der Waals surface area contributed by atoms with Gasteiger partial charge in [0.1, 0.15) is 0 Å². The van der Waals surface area contributed by atoms with E-state index in [-0.39, 0.29) is 30.6 Å². The monoisotopic (exact) mass is 382 g/mol. The van der Waals surface area contributed by atoms with Crippen LogP contribution in [0.5, 0.6) is 0 Å². The Bertz CT molecular complexity index is 741. The van der Waals surface area contributed by atoms with Gasteiger partial charge in [-0.05, 0) is 35.9 Å². The number of carbonyl (C=O) groups is 1. The highest BCUT2D eigenvalue weighted by Gasteiger charge is 2.36. The van der Waals surface area contributed by atoms with E-state index in [2.05, 4.69) is 0 Å². The van der Waals surface area contributed by atoms with Crippen LogP contribution in [-0.2, 0) is 24.1 Å². The zero-order valence-electron chi connectivity index (χ0n) is 14.5. The van der Waals surface area contributed by atoms with Crippen molar-refractivity contribution >= 4 is 17.2 Å². The first kappa shape index (κ1) is 18.9. The Morgan fingerprint density at radius 1 is 1.15 bits per heavy atom. The summed E-state index contributed by atoms with van der Waals surface area (Å²) in [7, 11) is 1.73. The summed E-state index contributed by atoms with van der Waals surface area (Å²) in [6.07, 6.45) is -2.53. The fourth-order valence-electron chi connectivity index (χ4n) is 2.93. The van der Waals surface area contributed by atoms with Crippen molar-refractivity contribution in [2.75, 3.05) is 13.6 Å². The van der Waals surface area contributed by atoms with Crippen LogP contribution in [0.2, 0.25) is 0 Å². The highest BCUT2D eigenvalue weighted by Crippen LogP contribution is 2.34. The van der Waals surface area contributed by atoms with Crippen molar-refractivity contribution in [3.63, 3.8) is 0 Å². The van der Waals surface area contributed by atoms with E-state index in [4.69, 9.17) is 0 Å². The molecule has 3 nitrogen and oxygen atoms in total. The number of alkyl halides is 3. The number of benzene rings is 1. The largest absolute Gasteiger partial charge is 0.416 e. The minimum absolute atomic E-state index is 0.0743. The number of nitrogens with zero attached hydrogens (tertiary/aromatic N) is 2. The van der Waals surface area contributed by atoms with Crippen molar-refractivity contribution in [1.29, 1.82) is 0 Å². The molecule has 3 rings (SSSR count). The van der Waals surface area contributed by atoms with Crippen LogP contribution < -0.4 is 0 Å². The number of halogens is 3. The van der Waals surface area contributed by atoms with Crippen molar-refractivity contribution in [1.82, 2.24) is 9.80 Å². The summed E-state index contributed by atoms with van der Waals surface area (Å²) in [5.74, 6) is -0.0743. The third-order valence-electron chi connectivity index (χ3n) is 4.50. The predicted octanol–water partition coefficient (Wildman–Crippen LogP) is 4.39. The maximum absolute atomic E-state index is 13.2. The van der Waals surface area contributed by atoms with E-state index in [0.717, 1.165) is 23.8 Å². The molecule has 7 heteroatoms. The van der Waals surface area contributed by atoms with E-state index < -0.39 is 11.7 Å². The van der Waals surface area contributed by atoms with Gasteiger partial charge in [-0.1, -0.05) is 24.3 Å². The van der Waals surface area contributed by atoms with E-state index in [1.54, 1.807) is 29.4 Å². The molecule has 0 radical (unpaired) electrons. The molecule has 0 bridgehead atoms. The predicted molar refractivity (Wildman–Crippen MR) is 95.7 cm³/mol. The van der Waals surface area contributed by atoms with Gasteiger partial charge in [-0.3, -0.25) is 9.69 Å². The van der Waals surface area contributed by atoms with Gasteiger partial charge in [-0.25, -0.2) is 0 Å². The summed E-state index contributed by atoms with van der Waals surface area (Å²) in [6.45, 7) is 0.797. The number of amides is 1. The van der Waals surface area contributed by atoms with Gasteiger partial charge < -0.3 is 4.90 Å². The molecule has 1 aliphatic carbocycles. The minimum atomic E-state index is -4.38. The molecular formula is C19H21F3N2OS. The zero-order chi connectivity index (χ0) is 18.7. The van der Waals surface area contributed by atoms with Crippen LogP contribution in [0.1, 0.15) is 28.8 Å². The van der Waals surface area contributed by atoms with Crippen LogP contribution in [0, 0.1) is 0 Å². The van der Waals surface area contributed by atoms with E-state index >= 15 is 0 Å². The van der Waals surface area contributed by atoms with Gasteiger partial charge in [-0.2, -0.15) is 13.2 Å². The molecule has 1 aromatic carbocycles. The second-order valence-corrected chi connectivity index (χ2v) is 7.65. The Labute approximate surface area is 155 Å². The first-order valence-electron chi connectivity index (χ1n) is 8.50. The Kier molecular flexibility index (Phi) is 5.67. The van der Waals surface area contributed by atoms with Crippen molar-refractivity contribution in [2.24, 2.45) is 0 Å². The standard InChI is InChI=1S/C19H21F3N2OS/c1-23(12-16-6-4-10-26-16)18(25)13-24(15-8-9-15)11-14-5-2-3-7-17(14)19(20,21)22/h2-7,10,15H,8-9,11-13H2,1H3. The average molecular weight is 382 g/mol. The lowest BCUT2D eigenvalue weighted by Crippen LogP contribution is -2.39. The van der Waals surface area contributed by atoms with Gasteiger partial charge in [-0.15, -0.1) is 11.3 Å². The minimum Gasteiger partial charge on any atom is -0.340 e. The van der Waals surface area contributed by atoms with Crippen LogP contribution in [0.25, 0.3) is 0 Å². The van der Waals surface area contributed by atoms with Crippen molar-refractivity contribution in [2.45, 2.75) is 38.1 Å². The molecule has 1 saturated carbocycles. The molecule has 0 atom stereocenters. The molecule has 1 fully saturated rings. The van der Waals surface area contributed by atoms with E-state index in [1.165, 1.54) is 12.1 Å². The van der Waals surface area contributed by atoms with Gasteiger partial charge in [0.05, 0.1) is 18.7 Å². The molecule has 0 unspecified atom stereocenters. The number of likely N-dealkylation sites (N-methyl/N-ethyl adjacent to an activating group) is 1. The maximum Gasteiger partial charge on any atom is 0.416 e. The van der Waals surface area contributed by atoms with Crippen LogP contribution >= 0.6 is 11.3 Å². The molecule has 140 valence electrons. The molecule has 26 heavy (non-hydrogen) atoms. The first-order chi connectivity index (χ1) is 12.3. The Morgan fingerprint density at radius 3 is 2.50 bits per heavy atom. The van der Waals surface area contributed by atoms with Gasteiger partial charge in [0.15, 0.2) is 0 Å². The van der Waals surface area contributed by atoms with Gasteiger partial charge in [0, 0.05) is 24.5 Å². The van der Waals surface area contributed by atoms with E-state index in [0.29, 0.717) is 6.54 Å². The molecular weight excluding hydrogens is 361 g/mol. The average Bonchev–Trinajstić information content (AvgIpc) is 3.31. The van der Waals surface area contributed by atoms with Gasteiger partial charge in [0.2, 0.25) is 5.91 Å². The Hall–Kier alpha value is -1.86. The Morgan fingerprint density at radius 2 is 1.88 bits per heavy atom. The van der Waals surface area contributed by atoms with Crippen LogP contribution in [0.15, 0.2) is 41.8 Å². The number of hydrogen-bond acceptors (Lipinski definition) is 3. The third-order valence-corrected chi connectivity index (χ3v) is 5.36. The molecule has 1 aliphatic rings. The summed E-state index contributed by atoms with van der Waals surface area (Å²) in [4.78, 5) is 17.1. The van der Waals surface area contributed by atoms with Crippen molar-refractivity contribution in [3.8, 4) is 0 Å². The maximum atomic E-state index is 13.2. The smallest absolute Gasteiger partial charge is 0.340 e. The second-order valence-electron chi connectivity index (χ2n) is 6.62. The fourth-order valence-corrected chi connectivity index (χ4v) is 3.68. The molecule has 1 heterocycles. The summed E-state index contributed by atoms with van der Waals surface area (Å²) >= 11 is 1.58. The lowest BCUT2D eigenvalue weighted by Gasteiger charge is -2.26. The fraction of sp³-hybridized carbons (Fsp3) is 0.421. The topological polar surface area (TPSA) is 23.6 Å². The lowest BCUT2D eigenvalue weighted by atomic mass is 10.1. The summed E-state index contributed by atoms with van der Waals surface area (Å²) in [6, 6.07) is 9.70. The first-order valence-corrected chi connectivity index (χ1v) is 9.38. The third kappa shape index (κ3) is 4.86. The van der Waals surface area contributed by atoms with Crippen molar-refractivity contribution < 1.29 is 18.0 Å². The molecule has 1 aromatic heterocycles. The summed E-state index contributed by atoms with van der Waals surface area (Å²) in [5.41, 5.74) is -0.398. The molecule has 2 aromatic rings. The van der Waals surface area contributed by atoms with Crippen LogP contribution in [0.4, 0.5) is 13.2 Å². The van der Waals surface area contributed by atoms with Crippen LogP contribution in [0.3, 0.4) is 0 Å². The quantitative estimate of drug-likeness (QED) is 0.709. The molecule has 1 amide bonds. The SMILES string of the molecule is CN(Cc1cccs1)C(=O)CN(Cc1ccccc1C(F)(F)F)C1CC1. The highest BCUT2D eigenvalue weighted by atomic mass is 32.1. The number of hydrogen-bond donors (Lipinski definition) is 0. The van der Waals surface area contributed by atoms with Gasteiger partial charge >= 0.3 is 6.18 Å². The second kappa shape index (κ2) is 7.80. The molecule has 0 N–H and O–H groups in total. The molecule has 0 aliphatic heterocycles.